The van der Waals surface area contributed by atoms with Gasteiger partial charge in [-0.2, -0.15) is 0 Å². The molecule has 3 atom stereocenters. The molecule has 0 saturated carbocycles. The molecule has 1 amide bonds. The van der Waals surface area contributed by atoms with Crippen LogP contribution in [0, 0.1) is 5.92 Å². The summed E-state index contributed by atoms with van der Waals surface area (Å²) in [5.41, 5.74) is 2.79. The highest BCUT2D eigenvalue weighted by atomic mass is 35.5. The molecule has 0 bridgehead atoms. The summed E-state index contributed by atoms with van der Waals surface area (Å²) in [6.07, 6.45) is 4.12. The van der Waals surface area contributed by atoms with Crippen LogP contribution < -0.4 is 5.32 Å². The SMILES string of the molecule is C[C@@H]1CN(C(=O)[C@H]2CCc3c(sc4ncnc(Nc5cc6snnc6cc5Cl)c34)C2)C[C@H](C)O1. The molecule has 1 N–H and O–H groups in total. The Morgan fingerprint density at radius 2 is 2.06 bits per heavy atom. The van der Waals surface area contributed by atoms with E-state index in [0.29, 0.717) is 18.1 Å². The number of rotatable bonds is 3. The Hall–Kier alpha value is -2.40. The van der Waals surface area contributed by atoms with E-state index in [4.69, 9.17) is 16.3 Å². The van der Waals surface area contributed by atoms with Gasteiger partial charge in [-0.15, -0.1) is 16.4 Å². The van der Waals surface area contributed by atoms with Gasteiger partial charge in [-0.3, -0.25) is 4.79 Å². The van der Waals surface area contributed by atoms with E-state index >= 15 is 0 Å². The molecule has 1 saturated heterocycles. The number of amides is 1. The number of benzene rings is 1. The molecule has 3 aromatic heterocycles. The third kappa shape index (κ3) is 3.92. The van der Waals surface area contributed by atoms with Crippen LogP contribution in [0.5, 0.6) is 0 Å². The smallest absolute Gasteiger partial charge is 0.226 e. The number of halogens is 1. The predicted octanol–water partition coefficient (Wildman–Crippen LogP) is 4.83. The second-order valence-corrected chi connectivity index (χ2v) is 11.3. The summed E-state index contributed by atoms with van der Waals surface area (Å²) in [4.78, 5) is 26.5. The van der Waals surface area contributed by atoms with Crippen LogP contribution in [-0.4, -0.2) is 55.7 Å². The highest BCUT2D eigenvalue weighted by molar-refractivity contribution is 7.19. The van der Waals surface area contributed by atoms with Crippen LogP contribution in [0.3, 0.4) is 0 Å². The van der Waals surface area contributed by atoms with Crippen LogP contribution >= 0.6 is 34.5 Å². The summed E-state index contributed by atoms with van der Waals surface area (Å²) < 4.78 is 10.8. The van der Waals surface area contributed by atoms with Crippen molar-refractivity contribution in [3.63, 3.8) is 0 Å². The summed E-state index contributed by atoms with van der Waals surface area (Å²) in [5, 5.41) is 9.09. The molecular formula is C23H23ClN6O2S2. The first-order valence-electron chi connectivity index (χ1n) is 11.3. The van der Waals surface area contributed by atoms with Gasteiger partial charge < -0.3 is 15.0 Å². The van der Waals surface area contributed by atoms with Gasteiger partial charge in [0.05, 0.1) is 33.0 Å². The van der Waals surface area contributed by atoms with Crippen LogP contribution in [0.2, 0.25) is 5.02 Å². The molecule has 1 aliphatic heterocycles. The van der Waals surface area contributed by atoms with Crippen molar-refractivity contribution in [1.82, 2.24) is 24.5 Å². The average Bonchev–Trinajstić information content (AvgIpc) is 3.41. The highest BCUT2D eigenvalue weighted by Crippen LogP contribution is 2.41. The zero-order valence-corrected chi connectivity index (χ0v) is 21.1. The third-order valence-electron chi connectivity index (χ3n) is 6.52. The Balaban J connectivity index is 1.29. The molecule has 8 nitrogen and oxygen atoms in total. The highest BCUT2D eigenvalue weighted by Gasteiger charge is 2.34. The third-order valence-corrected chi connectivity index (χ3v) is 8.68. The fourth-order valence-electron chi connectivity index (χ4n) is 5.06. The number of aryl methyl sites for hydroxylation is 1. The van der Waals surface area contributed by atoms with E-state index in [1.54, 1.807) is 17.7 Å². The number of hydrogen-bond acceptors (Lipinski definition) is 9. The van der Waals surface area contributed by atoms with Gasteiger partial charge in [0.2, 0.25) is 5.91 Å². The van der Waals surface area contributed by atoms with Gasteiger partial charge in [0, 0.05) is 23.9 Å². The van der Waals surface area contributed by atoms with Crippen LogP contribution in [0.15, 0.2) is 18.5 Å². The maximum atomic E-state index is 13.3. The van der Waals surface area contributed by atoms with Crippen LogP contribution in [0.4, 0.5) is 11.5 Å². The van der Waals surface area contributed by atoms with Crippen molar-refractivity contribution >= 4 is 72.3 Å². The number of aromatic nitrogens is 4. The van der Waals surface area contributed by atoms with Crippen LogP contribution in [0.1, 0.15) is 30.7 Å². The predicted molar refractivity (Wildman–Crippen MR) is 135 cm³/mol. The van der Waals surface area contributed by atoms with E-state index in [1.165, 1.54) is 22.0 Å². The molecule has 0 radical (unpaired) electrons. The Kier molecular flexibility index (Phi) is 5.63. The lowest BCUT2D eigenvalue weighted by molar-refractivity contribution is -0.147. The fraction of sp³-hybridized carbons (Fsp3) is 0.435. The van der Waals surface area contributed by atoms with Crippen molar-refractivity contribution < 1.29 is 9.53 Å². The molecular weight excluding hydrogens is 492 g/mol. The van der Waals surface area contributed by atoms with Crippen molar-refractivity contribution in [3.8, 4) is 0 Å². The number of carbonyl (C=O) groups excluding carboxylic acids is 1. The molecule has 1 fully saturated rings. The lowest BCUT2D eigenvalue weighted by Gasteiger charge is -2.37. The summed E-state index contributed by atoms with van der Waals surface area (Å²) in [5.74, 6) is 0.979. The number of nitrogens with one attached hydrogen (secondary N) is 1. The monoisotopic (exact) mass is 514 g/mol. The number of fused-ring (bicyclic) bond motifs is 4. The first-order chi connectivity index (χ1) is 16.5. The van der Waals surface area contributed by atoms with Gasteiger partial charge in [0.15, 0.2) is 0 Å². The summed E-state index contributed by atoms with van der Waals surface area (Å²) in [6, 6.07) is 3.77. The number of morpholine rings is 1. The van der Waals surface area contributed by atoms with Gasteiger partial charge in [-0.05, 0) is 62.3 Å². The summed E-state index contributed by atoms with van der Waals surface area (Å²) >= 11 is 9.50. The van der Waals surface area contributed by atoms with Crippen molar-refractivity contribution in [1.29, 1.82) is 0 Å². The number of hydrogen-bond donors (Lipinski definition) is 1. The molecule has 2 aliphatic rings. The summed E-state index contributed by atoms with van der Waals surface area (Å²) in [6.45, 7) is 5.39. The Bertz CT molecular complexity index is 1400. The maximum Gasteiger partial charge on any atom is 0.226 e. The van der Waals surface area contributed by atoms with E-state index in [2.05, 4.69) is 24.9 Å². The minimum absolute atomic E-state index is 0.00175. The van der Waals surface area contributed by atoms with Gasteiger partial charge in [-0.1, -0.05) is 16.1 Å². The molecule has 0 unspecified atom stereocenters. The van der Waals surface area contributed by atoms with Gasteiger partial charge in [0.1, 0.15) is 22.5 Å². The molecule has 4 aromatic rings. The molecule has 34 heavy (non-hydrogen) atoms. The fourth-order valence-corrected chi connectivity index (χ4v) is 7.11. The molecule has 176 valence electrons. The number of nitrogens with zero attached hydrogens (tertiary/aromatic N) is 5. The van der Waals surface area contributed by atoms with Crippen LogP contribution in [-0.2, 0) is 22.4 Å². The van der Waals surface area contributed by atoms with E-state index in [9.17, 15) is 4.79 Å². The van der Waals surface area contributed by atoms with Crippen molar-refractivity contribution in [2.45, 2.75) is 45.3 Å². The second kappa shape index (κ2) is 8.67. The Morgan fingerprint density at radius 3 is 2.88 bits per heavy atom. The number of thiophene rings is 1. The van der Waals surface area contributed by atoms with E-state index in [0.717, 1.165) is 51.2 Å². The minimum atomic E-state index is -0.00175. The lowest BCUT2D eigenvalue weighted by Crippen LogP contribution is -2.50. The quantitative estimate of drug-likeness (QED) is 0.418. The zero-order chi connectivity index (χ0) is 23.4. The second-order valence-electron chi connectivity index (χ2n) is 9.04. The standard InChI is InChI=1S/C23H23ClN6O2S2/c1-11-8-30(9-12(2)32-11)23(31)13-3-4-14-18(5-13)33-22-20(14)21(25-10-26-22)27-16-7-19-17(6-15(16)24)28-29-34-19/h6-7,10-13H,3-5,8-9H2,1-2H3,(H,25,26,27)/t11-,12+,13-/m0/s1. The van der Waals surface area contributed by atoms with E-state index < -0.39 is 0 Å². The van der Waals surface area contributed by atoms with Crippen LogP contribution in [0.25, 0.3) is 20.4 Å². The molecule has 4 heterocycles. The average molecular weight is 515 g/mol. The maximum absolute atomic E-state index is 13.3. The molecule has 1 aromatic carbocycles. The van der Waals surface area contributed by atoms with Gasteiger partial charge in [-0.25, -0.2) is 9.97 Å². The van der Waals surface area contributed by atoms with Gasteiger partial charge >= 0.3 is 0 Å². The first-order valence-corrected chi connectivity index (χ1v) is 13.3. The Morgan fingerprint density at radius 1 is 1.24 bits per heavy atom. The largest absolute Gasteiger partial charge is 0.372 e. The van der Waals surface area contributed by atoms with Crippen molar-refractivity contribution in [2.24, 2.45) is 5.92 Å². The van der Waals surface area contributed by atoms with Crippen molar-refractivity contribution in [3.05, 3.63) is 33.9 Å². The minimum Gasteiger partial charge on any atom is -0.372 e. The summed E-state index contributed by atoms with van der Waals surface area (Å²) in [7, 11) is 0. The molecule has 6 rings (SSSR count). The molecule has 11 heteroatoms. The zero-order valence-electron chi connectivity index (χ0n) is 18.7. The number of ether oxygens (including phenoxy) is 1. The molecule has 1 aliphatic carbocycles. The number of anilines is 2. The number of carbonyl (C=O) groups is 1. The van der Waals surface area contributed by atoms with Gasteiger partial charge in [0.25, 0.3) is 0 Å². The Labute approximate surface area is 209 Å². The normalized spacial score (nSPS) is 22.8. The van der Waals surface area contributed by atoms with E-state index in [1.807, 2.05) is 30.9 Å². The lowest BCUT2D eigenvalue weighted by atomic mass is 9.86. The topological polar surface area (TPSA) is 93.1 Å². The first kappa shape index (κ1) is 22.1. The van der Waals surface area contributed by atoms with E-state index in [-0.39, 0.29) is 24.0 Å². The van der Waals surface area contributed by atoms with Crippen molar-refractivity contribution in [2.75, 3.05) is 18.4 Å². The molecule has 0 spiro atoms.